The molecule has 1 aliphatic rings. The summed E-state index contributed by atoms with van der Waals surface area (Å²) in [6, 6.07) is 16.8. The zero-order valence-electron chi connectivity index (χ0n) is 13.9. The third-order valence-electron chi connectivity index (χ3n) is 4.75. The fourth-order valence-electron chi connectivity index (χ4n) is 3.15. The highest BCUT2D eigenvalue weighted by Crippen LogP contribution is 2.23. The molecule has 3 rings (SSSR count). The quantitative estimate of drug-likeness (QED) is 0.835. The van der Waals surface area contributed by atoms with E-state index < -0.39 is 0 Å². The molecular formula is C20H25ClN2O. The Morgan fingerprint density at radius 2 is 1.46 bits per heavy atom. The monoisotopic (exact) mass is 344 g/mol. The van der Waals surface area contributed by atoms with Crippen molar-refractivity contribution in [1.82, 2.24) is 5.32 Å². The largest absolute Gasteiger partial charge is 0.396 e. The SMILES string of the molecule is OCC1CCN(c2ccc(CNCc3ccc(Cl)cc3)cc2)CC1. The standard InChI is InChI=1S/C20H25ClN2O/c21-19-5-1-16(2-6-19)13-22-14-17-3-7-20(8-4-17)23-11-9-18(15-24)10-12-23/h1-8,18,22,24H,9-15H2. The number of piperidine rings is 1. The van der Waals surface area contributed by atoms with Gasteiger partial charge < -0.3 is 15.3 Å². The molecule has 128 valence electrons. The highest BCUT2D eigenvalue weighted by molar-refractivity contribution is 6.30. The van der Waals surface area contributed by atoms with E-state index in [4.69, 9.17) is 11.6 Å². The Morgan fingerprint density at radius 3 is 2.00 bits per heavy atom. The van der Waals surface area contributed by atoms with Crippen LogP contribution in [-0.2, 0) is 13.1 Å². The first kappa shape index (κ1) is 17.3. The van der Waals surface area contributed by atoms with Gasteiger partial charge in [-0.1, -0.05) is 35.9 Å². The number of hydrogen-bond donors (Lipinski definition) is 2. The van der Waals surface area contributed by atoms with Gasteiger partial charge in [0.1, 0.15) is 0 Å². The molecule has 4 heteroatoms. The van der Waals surface area contributed by atoms with Crippen molar-refractivity contribution in [3.8, 4) is 0 Å². The lowest BCUT2D eigenvalue weighted by atomic mass is 9.97. The van der Waals surface area contributed by atoms with Crippen LogP contribution in [0.2, 0.25) is 5.02 Å². The number of aliphatic hydroxyl groups excluding tert-OH is 1. The fourth-order valence-corrected chi connectivity index (χ4v) is 3.28. The topological polar surface area (TPSA) is 35.5 Å². The minimum Gasteiger partial charge on any atom is -0.396 e. The van der Waals surface area contributed by atoms with Crippen LogP contribution in [0, 0.1) is 5.92 Å². The first-order valence-corrected chi connectivity index (χ1v) is 9.02. The summed E-state index contributed by atoms with van der Waals surface area (Å²) >= 11 is 5.90. The zero-order valence-corrected chi connectivity index (χ0v) is 14.7. The number of hydrogen-bond acceptors (Lipinski definition) is 3. The molecule has 24 heavy (non-hydrogen) atoms. The van der Waals surface area contributed by atoms with Crippen LogP contribution in [0.5, 0.6) is 0 Å². The van der Waals surface area contributed by atoms with Crippen molar-refractivity contribution in [2.45, 2.75) is 25.9 Å². The molecule has 2 aromatic rings. The van der Waals surface area contributed by atoms with Gasteiger partial charge in [0.2, 0.25) is 0 Å². The predicted octanol–water partition coefficient (Wildman–Crippen LogP) is 3.84. The van der Waals surface area contributed by atoms with E-state index in [1.54, 1.807) is 0 Å². The normalized spacial score (nSPS) is 15.7. The third-order valence-corrected chi connectivity index (χ3v) is 5.00. The number of nitrogens with zero attached hydrogens (tertiary/aromatic N) is 1. The summed E-state index contributed by atoms with van der Waals surface area (Å²) in [6.45, 7) is 4.11. The van der Waals surface area contributed by atoms with Gasteiger partial charge in [0.05, 0.1) is 0 Å². The van der Waals surface area contributed by atoms with Crippen molar-refractivity contribution in [3.05, 3.63) is 64.7 Å². The highest BCUT2D eigenvalue weighted by atomic mass is 35.5. The van der Waals surface area contributed by atoms with Gasteiger partial charge in [-0.05, 0) is 54.2 Å². The van der Waals surface area contributed by atoms with E-state index in [0.29, 0.717) is 12.5 Å². The van der Waals surface area contributed by atoms with Gasteiger partial charge in [0.15, 0.2) is 0 Å². The van der Waals surface area contributed by atoms with E-state index in [1.807, 2.05) is 12.1 Å². The van der Waals surface area contributed by atoms with Crippen LogP contribution in [0.3, 0.4) is 0 Å². The average molecular weight is 345 g/mol. The Balaban J connectivity index is 1.47. The molecule has 0 saturated carbocycles. The number of benzene rings is 2. The first-order valence-electron chi connectivity index (χ1n) is 8.64. The van der Waals surface area contributed by atoms with Gasteiger partial charge in [-0.25, -0.2) is 0 Å². The molecule has 0 spiro atoms. The molecule has 0 bridgehead atoms. The molecule has 0 aromatic heterocycles. The van der Waals surface area contributed by atoms with Crippen molar-refractivity contribution in [2.75, 3.05) is 24.6 Å². The van der Waals surface area contributed by atoms with Crippen LogP contribution in [0.15, 0.2) is 48.5 Å². The molecule has 2 N–H and O–H groups in total. The van der Waals surface area contributed by atoms with Crippen molar-refractivity contribution in [1.29, 1.82) is 0 Å². The van der Waals surface area contributed by atoms with Gasteiger partial charge >= 0.3 is 0 Å². The Labute approximate surface area is 149 Å². The Kier molecular flexibility index (Phi) is 6.13. The summed E-state index contributed by atoms with van der Waals surface area (Å²) < 4.78 is 0. The van der Waals surface area contributed by atoms with Crippen LogP contribution in [0.1, 0.15) is 24.0 Å². The molecular weight excluding hydrogens is 320 g/mol. The molecule has 1 saturated heterocycles. The second kappa shape index (κ2) is 8.52. The van der Waals surface area contributed by atoms with Gasteiger partial charge in [0.25, 0.3) is 0 Å². The average Bonchev–Trinajstić information content (AvgIpc) is 2.64. The van der Waals surface area contributed by atoms with Gasteiger partial charge in [0, 0.05) is 43.5 Å². The van der Waals surface area contributed by atoms with E-state index in [-0.39, 0.29) is 0 Å². The van der Waals surface area contributed by atoms with Crippen LogP contribution in [0.4, 0.5) is 5.69 Å². The summed E-state index contributed by atoms with van der Waals surface area (Å²) in [5, 5.41) is 13.5. The lowest BCUT2D eigenvalue weighted by Gasteiger charge is -2.33. The van der Waals surface area contributed by atoms with Gasteiger partial charge in [-0.3, -0.25) is 0 Å². The minimum absolute atomic E-state index is 0.325. The molecule has 0 radical (unpaired) electrons. The first-order chi connectivity index (χ1) is 11.7. The molecule has 1 fully saturated rings. The molecule has 2 aromatic carbocycles. The van der Waals surface area contributed by atoms with Crippen molar-refractivity contribution >= 4 is 17.3 Å². The molecule has 0 amide bonds. The molecule has 1 heterocycles. The number of halogens is 1. The Hall–Kier alpha value is -1.55. The lowest BCUT2D eigenvalue weighted by molar-refractivity contribution is 0.203. The van der Waals surface area contributed by atoms with Crippen molar-refractivity contribution < 1.29 is 5.11 Å². The molecule has 0 aliphatic carbocycles. The van der Waals surface area contributed by atoms with E-state index in [9.17, 15) is 5.11 Å². The Morgan fingerprint density at radius 1 is 0.917 bits per heavy atom. The maximum atomic E-state index is 9.23. The number of rotatable bonds is 6. The molecule has 1 aliphatic heterocycles. The number of nitrogens with one attached hydrogen (secondary N) is 1. The van der Waals surface area contributed by atoms with E-state index in [0.717, 1.165) is 44.0 Å². The number of anilines is 1. The van der Waals surface area contributed by atoms with Crippen molar-refractivity contribution in [2.24, 2.45) is 5.92 Å². The molecule has 0 atom stereocenters. The van der Waals surface area contributed by atoms with Crippen LogP contribution < -0.4 is 10.2 Å². The minimum atomic E-state index is 0.325. The summed E-state index contributed by atoms with van der Waals surface area (Å²) in [5.41, 5.74) is 3.81. The van der Waals surface area contributed by atoms with E-state index >= 15 is 0 Å². The highest BCUT2D eigenvalue weighted by Gasteiger charge is 2.18. The molecule has 0 unspecified atom stereocenters. The molecule has 3 nitrogen and oxygen atoms in total. The second-order valence-corrected chi connectivity index (χ2v) is 6.95. The maximum Gasteiger partial charge on any atom is 0.0460 e. The predicted molar refractivity (Wildman–Crippen MR) is 100 cm³/mol. The maximum absolute atomic E-state index is 9.23. The third kappa shape index (κ3) is 4.73. The Bertz CT molecular complexity index is 619. The summed E-state index contributed by atoms with van der Waals surface area (Å²) in [7, 11) is 0. The van der Waals surface area contributed by atoms with E-state index in [1.165, 1.54) is 16.8 Å². The smallest absolute Gasteiger partial charge is 0.0460 e. The van der Waals surface area contributed by atoms with Crippen molar-refractivity contribution in [3.63, 3.8) is 0 Å². The van der Waals surface area contributed by atoms with E-state index in [2.05, 4.69) is 46.6 Å². The zero-order chi connectivity index (χ0) is 16.8. The van der Waals surface area contributed by atoms with Gasteiger partial charge in [-0.15, -0.1) is 0 Å². The van der Waals surface area contributed by atoms with Crippen LogP contribution >= 0.6 is 11.6 Å². The second-order valence-electron chi connectivity index (χ2n) is 6.51. The lowest BCUT2D eigenvalue weighted by Crippen LogP contribution is -2.34. The van der Waals surface area contributed by atoms with Crippen LogP contribution in [0.25, 0.3) is 0 Å². The summed E-state index contributed by atoms with van der Waals surface area (Å²) in [4.78, 5) is 2.41. The fraction of sp³-hybridized carbons (Fsp3) is 0.400. The summed E-state index contributed by atoms with van der Waals surface area (Å²) in [6.07, 6.45) is 2.17. The summed E-state index contributed by atoms with van der Waals surface area (Å²) in [5.74, 6) is 0.484. The number of aliphatic hydroxyl groups is 1. The van der Waals surface area contributed by atoms with Crippen LogP contribution in [-0.4, -0.2) is 24.8 Å². The van der Waals surface area contributed by atoms with Gasteiger partial charge in [-0.2, -0.15) is 0 Å².